The highest BCUT2D eigenvalue weighted by molar-refractivity contribution is 5.35. The fraction of sp³-hybridized carbons (Fsp3) is 0.150. The summed E-state index contributed by atoms with van der Waals surface area (Å²) in [5.74, 6) is 1.47. The average molecular weight is 317 g/mol. The van der Waals surface area contributed by atoms with Gasteiger partial charge in [-0.3, -0.25) is 9.97 Å². The molecule has 3 rings (SSSR count). The summed E-state index contributed by atoms with van der Waals surface area (Å²) in [6, 6.07) is 17.1. The molecule has 4 nitrogen and oxygen atoms in total. The van der Waals surface area contributed by atoms with Crippen molar-refractivity contribution >= 4 is 0 Å². The number of nitriles is 1. The zero-order valence-corrected chi connectivity index (χ0v) is 13.8. The minimum Gasteiger partial charge on any atom is -0.456 e. The smallest absolute Gasteiger partial charge is 0.145 e. The SMILES string of the molecule is CC.N#Cc1ccnc(Cc2ccc(Oc3cccnc3)cc2)c1. The molecule has 0 aliphatic heterocycles. The summed E-state index contributed by atoms with van der Waals surface area (Å²) in [7, 11) is 0. The van der Waals surface area contributed by atoms with Gasteiger partial charge in [-0.2, -0.15) is 5.26 Å². The third kappa shape index (κ3) is 4.92. The van der Waals surface area contributed by atoms with Gasteiger partial charge in [0.2, 0.25) is 0 Å². The molecule has 1 aromatic carbocycles. The van der Waals surface area contributed by atoms with E-state index in [0.29, 0.717) is 17.7 Å². The van der Waals surface area contributed by atoms with E-state index >= 15 is 0 Å². The van der Waals surface area contributed by atoms with Gasteiger partial charge in [0.25, 0.3) is 0 Å². The molecule has 0 aliphatic carbocycles. The van der Waals surface area contributed by atoms with Crippen LogP contribution in [0.4, 0.5) is 0 Å². The van der Waals surface area contributed by atoms with Crippen LogP contribution in [0.3, 0.4) is 0 Å². The molecular weight excluding hydrogens is 298 g/mol. The zero-order chi connectivity index (χ0) is 17.2. The van der Waals surface area contributed by atoms with Crippen LogP contribution in [0.15, 0.2) is 67.1 Å². The Bertz CT molecular complexity index is 793. The average Bonchev–Trinajstić information content (AvgIpc) is 2.66. The van der Waals surface area contributed by atoms with Crippen molar-refractivity contribution in [3.63, 3.8) is 0 Å². The molecule has 0 bridgehead atoms. The topological polar surface area (TPSA) is 58.8 Å². The van der Waals surface area contributed by atoms with Crippen molar-refractivity contribution in [2.75, 3.05) is 0 Å². The van der Waals surface area contributed by atoms with E-state index in [4.69, 9.17) is 10.00 Å². The van der Waals surface area contributed by atoms with E-state index in [2.05, 4.69) is 16.0 Å². The van der Waals surface area contributed by atoms with Gasteiger partial charge in [-0.1, -0.05) is 26.0 Å². The maximum Gasteiger partial charge on any atom is 0.145 e. The highest BCUT2D eigenvalue weighted by atomic mass is 16.5. The highest BCUT2D eigenvalue weighted by Crippen LogP contribution is 2.21. The van der Waals surface area contributed by atoms with Crippen molar-refractivity contribution in [3.8, 4) is 17.6 Å². The van der Waals surface area contributed by atoms with E-state index in [0.717, 1.165) is 17.0 Å². The molecular formula is C20H19N3O. The second kappa shape index (κ2) is 9.06. The van der Waals surface area contributed by atoms with Gasteiger partial charge in [-0.25, -0.2) is 0 Å². The van der Waals surface area contributed by atoms with E-state index in [-0.39, 0.29) is 0 Å². The van der Waals surface area contributed by atoms with Crippen LogP contribution in [0.25, 0.3) is 0 Å². The Morgan fingerprint density at radius 2 is 1.79 bits per heavy atom. The molecule has 0 N–H and O–H groups in total. The monoisotopic (exact) mass is 317 g/mol. The van der Waals surface area contributed by atoms with Gasteiger partial charge in [0.1, 0.15) is 11.5 Å². The number of ether oxygens (including phenoxy) is 1. The van der Waals surface area contributed by atoms with Crippen LogP contribution in [-0.2, 0) is 6.42 Å². The van der Waals surface area contributed by atoms with Crippen LogP contribution < -0.4 is 4.74 Å². The van der Waals surface area contributed by atoms with Crippen LogP contribution in [0, 0.1) is 11.3 Å². The minimum absolute atomic E-state index is 0.626. The number of benzene rings is 1. The van der Waals surface area contributed by atoms with E-state index in [1.165, 1.54) is 0 Å². The van der Waals surface area contributed by atoms with Gasteiger partial charge in [-0.15, -0.1) is 0 Å². The quantitative estimate of drug-likeness (QED) is 0.696. The van der Waals surface area contributed by atoms with Gasteiger partial charge in [0, 0.05) is 24.5 Å². The standard InChI is InChI=1S/C18H13N3O.C2H6/c19-12-15-7-9-21-16(11-15)10-14-3-5-17(6-4-14)22-18-2-1-8-20-13-18;1-2/h1-9,11,13H,10H2;1-2H3. The Morgan fingerprint density at radius 1 is 1.00 bits per heavy atom. The number of hydrogen-bond donors (Lipinski definition) is 0. The molecule has 24 heavy (non-hydrogen) atoms. The molecule has 2 heterocycles. The summed E-state index contributed by atoms with van der Waals surface area (Å²) < 4.78 is 5.70. The molecule has 120 valence electrons. The molecule has 0 atom stereocenters. The molecule has 0 saturated heterocycles. The van der Waals surface area contributed by atoms with Crippen molar-refractivity contribution in [1.29, 1.82) is 5.26 Å². The fourth-order valence-corrected chi connectivity index (χ4v) is 2.07. The summed E-state index contributed by atoms with van der Waals surface area (Å²) >= 11 is 0. The minimum atomic E-state index is 0.626. The Labute approximate surface area is 142 Å². The van der Waals surface area contributed by atoms with Gasteiger partial charge >= 0.3 is 0 Å². The number of rotatable bonds is 4. The molecule has 0 aliphatic rings. The first kappa shape index (κ1) is 17.2. The van der Waals surface area contributed by atoms with Crippen LogP contribution in [-0.4, -0.2) is 9.97 Å². The lowest BCUT2D eigenvalue weighted by atomic mass is 10.1. The lowest BCUT2D eigenvalue weighted by molar-refractivity contribution is 0.480. The second-order valence-corrected chi connectivity index (χ2v) is 4.76. The predicted octanol–water partition coefficient (Wildman–Crippen LogP) is 4.76. The number of pyridine rings is 2. The van der Waals surface area contributed by atoms with Crippen molar-refractivity contribution < 1.29 is 4.74 Å². The number of hydrogen-bond acceptors (Lipinski definition) is 4. The zero-order valence-electron chi connectivity index (χ0n) is 13.8. The summed E-state index contributed by atoms with van der Waals surface area (Å²) in [4.78, 5) is 8.29. The van der Waals surface area contributed by atoms with Crippen LogP contribution >= 0.6 is 0 Å². The molecule has 4 heteroatoms. The number of aromatic nitrogens is 2. The lowest BCUT2D eigenvalue weighted by Gasteiger charge is -2.06. The first-order valence-corrected chi connectivity index (χ1v) is 7.85. The van der Waals surface area contributed by atoms with Crippen molar-refractivity contribution in [2.45, 2.75) is 20.3 Å². The Kier molecular flexibility index (Phi) is 6.48. The van der Waals surface area contributed by atoms with Crippen LogP contribution in [0.2, 0.25) is 0 Å². The first-order valence-electron chi connectivity index (χ1n) is 7.85. The third-order valence-corrected chi connectivity index (χ3v) is 3.12. The first-order chi connectivity index (χ1) is 11.8. The van der Waals surface area contributed by atoms with E-state index in [1.807, 2.05) is 50.2 Å². The third-order valence-electron chi connectivity index (χ3n) is 3.12. The molecule has 0 saturated carbocycles. The molecule has 0 spiro atoms. The lowest BCUT2D eigenvalue weighted by Crippen LogP contribution is -1.93. The largest absolute Gasteiger partial charge is 0.456 e. The Balaban J connectivity index is 0.00000100. The van der Waals surface area contributed by atoms with Crippen LogP contribution in [0.1, 0.15) is 30.7 Å². The molecule has 0 amide bonds. The number of nitrogens with zero attached hydrogens (tertiary/aromatic N) is 3. The van der Waals surface area contributed by atoms with Crippen molar-refractivity contribution in [1.82, 2.24) is 9.97 Å². The Hall–Kier alpha value is -3.19. The van der Waals surface area contributed by atoms with E-state index < -0.39 is 0 Å². The highest BCUT2D eigenvalue weighted by Gasteiger charge is 2.01. The summed E-state index contributed by atoms with van der Waals surface area (Å²) in [6.07, 6.45) is 5.72. The van der Waals surface area contributed by atoms with E-state index in [9.17, 15) is 0 Å². The van der Waals surface area contributed by atoms with Crippen LogP contribution in [0.5, 0.6) is 11.5 Å². The van der Waals surface area contributed by atoms with Crippen molar-refractivity contribution in [3.05, 3.63) is 83.9 Å². The summed E-state index contributed by atoms with van der Waals surface area (Å²) in [5.41, 5.74) is 2.61. The van der Waals surface area contributed by atoms with Gasteiger partial charge in [0.15, 0.2) is 0 Å². The maximum absolute atomic E-state index is 8.91. The van der Waals surface area contributed by atoms with Gasteiger partial charge < -0.3 is 4.74 Å². The fourth-order valence-electron chi connectivity index (χ4n) is 2.07. The van der Waals surface area contributed by atoms with Crippen molar-refractivity contribution in [2.24, 2.45) is 0 Å². The summed E-state index contributed by atoms with van der Waals surface area (Å²) in [5, 5.41) is 8.91. The summed E-state index contributed by atoms with van der Waals surface area (Å²) in [6.45, 7) is 4.00. The predicted molar refractivity (Wildman–Crippen MR) is 93.9 cm³/mol. The Morgan fingerprint density at radius 3 is 2.46 bits per heavy atom. The maximum atomic E-state index is 8.91. The molecule has 0 unspecified atom stereocenters. The molecule has 2 aromatic heterocycles. The molecule has 3 aromatic rings. The second-order valence-electron chi connectivity index (χ2n) is 4.76. The van der Waals surface area contributed by atoms with Gasteiger partial charge in [0.05, 0.1) is 17.8 Å². The van der Waals surface area contributed by atoms with E-state index in [1.54, 1.807) is 30.7 Å². The molecule has 0 fully saturated rings. The molecule has 0 radical (unpaired) electrons. The normalized spacial score (nSPS) is 9.38. The van der Waals surface area contributed by atoms with Gasteiger partial charge in [-0.05, 0) is 42.0 Å².